The fraction of sp³-hybridized carbons (Fsp3) is 0.175. The molecule has 0 saturated heterocycles. The van der Waals surface area contributed by atoms with Crippen LogP contribution in [0.15, 0.2) is 133 Å². The van der Waals surface area contributed by atoms with E-state index in [4.69, 9.17) is 4.74 Å². The van der Waals surface area contributed by atoms with Gasteiger partial charge in [0.05, 0.1) is 0 Å². The Morgan fingerprint density at radius 3 is 1.72 bits per heavy atom. The van der Waals surface area contributed by atoms with Crippen LogP contribution in [0, 0.1) is 6.92 Å². The van der Waals surface area contributed by atoms with Gasteiger partial charge < -0.3 is 20.5 Å². The molecule has 3 N–H and O–H groups in total. The van der Waals surface area contributed by atoms with Crippen molar-refractivity contribution in [3.8, 4) is 11.1 Å². The number of aryl methyl sites for hydroxylation is 1. The molecule has 0 radical (unpaired) electrons. The van der Waals surface area contributed by atoms with Gasteiger partial charge in [0.25, 0.3) is 0 Å². The largest absolute Gasteiger partial charge is 0.480 e. The first kappa shape index (κ1) is 31.3. The van der Waals surface area contributed by atoms with Crippen LogP contribution in [0.3, 0.4) is 0 Å². The average molecular weight is 625 g/mol. The molecule has 7 nitrogen and oxygen atoms in total. The predicted octanol–water partition coefficient (Wildman–Crippen LogP) is 7.18. The molecule has 5 aromatic rings. The summed E-state index contributed by atoms with van der Waals surface area (Å²) >= 11 is 0. The zero-order valence-corrected chi connectivity index (χ0v) is 26.1. The monoisotopic (exact) mass is 624 g/mol. The predicted molar refractivity (Wildman–Crippen MR) is 181 cm³/mol. The number of fused-ring (bicyclic) bond motifs is 3. The summed E-state index contributed by atoms with van der Waals surface area (Å²) in [5, 5.41) is 15.7. The molecule has 0 saturated carbocycles. The molecule has 1 unspecified atom stereocenters. The number of aliphatic carboxylic acids is 1. The molecule has 0 fully saturated rings. The first-order valence-electron chi connectivity index (χ1n) is 15.7. The lowest BCUT2D eigenvalue weighted by Gasteiger charge is -2.37. The normalized spacial score (nSPS) is 12.8. The Balaban J connectivity index is 1.16. The third kappa shape index (κ3) is 6.51. The average Bonchev–Trinajstić information content (AvgIpc) is 3.42. The van der Waals surface area contributed by atoms with Gasteiger partial charge in [-0.25, -0.2) is 9.59 Å². The maximum atomic E-state index is 13.7. The van der Waals surface area contributed by atoms with Gasteiger partial charge in [-0.2, -0.15) is 0 Å². The second-order valence-corrected chi connectivity index (χ2v) is 11.8. The van der Waals surface area contributed by atoms with E-state index < -0.39 is 23.6 Å². The Morgan fingerprint density at radius 2 is 1.19 bits per heavy atom. The minimum absolute atomic E-state index is 0.0555. The smallest absolute Gasteiger partial charge is 0.407 e. The number of ether oxygens (including phenoxy) is 1. The number of carboxylic acids is 1. The Hall–Kier alpha value is -5.69. The van der Waals surface area contributed by atoms with E-state index in [2.05, 4.69) is 10.6 Å². The molecule has 0 aromatic heterocycles. The number of carbonyl (C=O) groups is 3. The minimum Gasteiger partial charge on any atom is -0.480 e. The molecule has 0 spiro atoms. The lowest BCUT2D eigenvalue weighted by molar-refractivity contribution is -0.139. The summed E-state index contributed by atoms with van der Waals surface area (Å²) in [7, 11) is 0. The summed E-state index contributed by atoms with van der Waals surface area (Å²) in [6.45, 7) is 2.06. The number of rotatable bonds is 11. The van der Waals surface area contributed by atoms with Crippen LogP contribution in [-0.4, -0.2) is 35.7 Å². The maximum Gasteiger partial charge on any atom is 0.407 e. The highest BCUT2D eigenvalue weighted by atomic mass is 16.5. The van der Waals surface area contributed by atoms with Gasteiger partial charge >= 0.3 is 12.1 Å². The fourth-order valence-corrected chi connectivity index (χ4v) is 6.48. The van der Waals surface area contributed by atoms with Crippen LogP contribution in [-0.2, 0) is 19.9 Å². The molecule has 1 aliphatic rings. The van der Waals surface area contributed by atoms with Crippen molar-refractivity contribution < 1.29 is 24.2 Å². The first-order valence-corrected chi connectivity index (χ1v) is 15.7. The highest BCUT2D eigenvalue weighted by Gasteiger charge is 2.38. The van der Waals surface area contributed by atoms with Gasteiger partial charge in [0.2, 0.25) is 5.91 Å². The van der Waals surface area contributed by atoms with E-state index in [1.165, 1.54) is 0 Å². The van der Waals surface area contributed by atoms with Gasteiger partial charge in [-0.1, -0.05) is 139 Å². The lowest BCUT2D eigenvalue weighted by atomic mass is 9.76. The number of hydrogen-bond donors (Lipinski definition) is 3. The van der Waals surface area contributed by atoms with Gasteiger partial charge in [0.1, 0.15) is 18.2 Å². The van der Waals surface area contributed by atoms with Crippen molar-refractivity contribution in [3.05, 3.63) is 167 Å². The summed E-state index contributed by atoms with van der Waals surface area (Å²) in [5.74, 6) is -1.77. The molecule has 6 rings (SSSR count). The van der Waals surface area contributed by atoms with E-state index in [0.29, 0.717) is 0 Å². The zero-order valence-electron chi connectivity index (χ0n) is 26.1. The third-order valence-electron chi connectivity index (χ3n) is 8.82. The Bertz CT molecular complexity index is 1790. The quantitative estimate of drug-likeness (QED) is 0.135. The summed E-state index contributed by atoms with van der Waals surface area (Å²) in [6, 6.07) is 42.0. The maximum absolute atomic E-state index is 13.7. The van der Waals surface area contributed by atoms with Crippen LogP contribution in [0.25, 0.3) is 11.1 Å². The molecule has 7 heteroatoms. The minimum atomic E-state index is -1.32. The molecule has 47 heavy (non-hydrogen) atoms. The van der Waals surface area contributed by atoms with Gasteiger partial charge in [0.15, 0.2) is 0 Å². The molecule has 0 bridgehead atoms. The van der Waals surface area contributed by atoms with Crippen molar-refractivity contribution in [1.29, 1.82) is 0 Å². The van der Waals surface area contributed by atoms with E-state index >= 15 is 0 Å². The van der Waals surface area contributed by atoms with Crippen molar-refractivity contribution in [2.75, 3.05) is 6.61 Å². The van der Waals surface area contributed by atoms with Crippen molar-refractivity contribution in [2.24, 2.45) is 0 Å². The van der Waals surface area contributed by atoms with Crippen LogP contribution < -0.4 is 10.6 Å². The number of carboxylic acid groups (broad SMARTS) is 1. The Kier molecular flexibility index (Phi) is 9.16. The highest BCUT2D eigenvalue weighted by Crippen LogP contribution is 2.44. The van der Waals surface area contributed by atoms with Gasteiger partial charge in [-0.05, 0) is 52.3 Å². The molecular weight excluding hydrogens is 588 g/mol. The van der Waals surface area contributed by atoms with Crippen LogP contribution in [0.2, 0.25) is 0 Å². The molecule has 0 aliphatic heterocycles. The SMILES string of the molecule is Cc1ccc(C(NC(=O)CCC(NC(=O)OCC2c3ccccc3-c3ccccc32)C(=O)O)(c2ccccc2)c2ccccc2)cc1. The first-order chi connectivity index (χ1) is 22.9. The fourth-order valence-electron chi connectivity index (χ4n) is 6.48. The molecule has 236 valence electrons. The van der Waals surface area contributed by atoms with Gasteiger partial charge in [-0.3, -0.25) is 4.79 Å². The Labute approximate surface area is 274 Å². The second-order valence-electron chi connectivity index (χ2n) is 11.8. The third-order valence-corrected chi connectivity index (χ3v) is 8.82. The molecular formula is C40H36N2O5. The molecule has 0 heterocycles. The van der Waals surface area contributed by atoms with E-state index in [1.807, 2.05) is 140 Å². The van der Waals surface area contributed by atoms with E-state index in [0.717, 1.165) is 44.5 Å². The summed E-state index contributed by atoms with van der Waals surface area (Å²) in [4.78, 5) is 38.9. The topological polar surface area (TPSA) is 105 Å². The molecule has 1 aliphatic carbocycles. The van der Waals surface area contributed by atoms with E-state index in [1.54, 1.807) is 0 Å². The van der Waals surface area contributed by atoms with Crippen LogP contribution in [0.1, 0.15) is 52.1 Å². The number of benzene rings is 5. The molecule has 1 atom stereocenters. The summed E-state index contributed by atoms with van der Waals surface area (Å²) in [5.41, 5.74) is 6.93. The standard InChI is InChI=1S/C40H36N2O5/c1-27-20-22-30(23-21-27)40(28-12-4-2-5-13-28,29-14-6-3-7-15-29)42-37(43)25-24-36(38(44)45)41-39(46)47-26-35-33-18-10-8-16-31(33)32-17-9-11-19-34(32)35/h2-23,35-36H,24-26H2,1H3,(H,41,46)(H,42,43)(H,44,45). The van der Waals surface area contributed by atoms with Crippen LogP contribution >= 0.6 is 0 Å². The summed E-state index contributed by atoms with van der Waals surface area (Å²) in [6.07, 6.45) is -1.12. The zero-order chi connectivity index (χ0) is 32.8. The number of amides is 2. The number of carbonyl (C=O) groups excluding carboxylic acids is 2. The van der Waals surface area contributed by atoms with Crippen molar-refractivity contribution in [1.82, 2.24) is 10.6 Å². The lowest BCUT2D eigenvalue weighted by Crippen LogP contribution is -2.48. The van der Waals surface area contributed by atoms with Crippen molar-refractivity contribution in [3.63, 3.8) is 0 Å². The number of alkyl carbamates (subject to hydrolysis) is 1. The van der Waals surface area contributed by atoms with Crippen molar-refractivity contribution in [2.45, 2.75) is 37.3 Å². The number of hydrogen-bond acceptors (Lipinski definition) is 4. The van der Waals surface area contributed by atoms with Crippen LogP contribution in [0.5, 0.6) is 0 Å². The number of nitrogens with one attached hydrogen (secondary N) is 2. The second kappa shape index (κ2) is 13.7. The van der Waals surface area contributed by atoms with Crippen LogP contribution in [0.4, 0.5) is 4.79 Å². The Morgan fingerprint density at radius 1 is 0.702 bits per heavy atom. The summed E-state index contributed by atoms with van der Waals surface area (Å²) < 4.78 is 5.58. The van der Waals surface area contributed by atoms with Crippen molar-refractivity contribution >= 4 is 18.0 Å². The molecule has 2 amide bonds. The van der Waals surface area contributed by atoms with Gasteiger partial charge in [0, 0.05) is 12.3 Å². The van der Waals surface area contributed by atoms with Gasteiger partial charge in [-0.15, -0.1) is 0 Å². The van der Waals surface area contributed by atoms with E-state index in [-0.39, 0.29) is 31.3 Å². The molecule has 5 aromatic carbocycles. The van der Waals surface area contributed by atoms with E-state index in [9.17, 15) is 19.5 Å². The highest BCUT2D eigenvalue weighted by molar-refractivity contribution is 5.83.